The van der Waals surface area contributed by atoms with Crippen LogP contribution in [0.15, 0.2) is 54.7 Å². The van der Waals surface area contributed by atoms with Crippen LogP contribution < -0.4 is 0 Å². The first-order valence-corrected chi connectivity index (χ1v) is 11.4. The van der Waals surface area contributed by atoms with Crippen molar-refractivity contribution in [3.05, 3.63) is 77.0 Å². The minimum absolute atomic E-state index is 0.443. The fourth-order valence-electron chi connectivity index (χ4n) is 4.49. The summed E-state index contributed by atoms with van der Waals surface area (Å²) in [6.07, 6.45) is 1.95. The molecule has 0 unspecified atom stereocenters. The molecule has 0 fully saturated rings. The number of pyridine rings is 1. The zero-order valence-electron chi connectivity index (χ0n) is 20.0. The second-order valence-electron chi connectivity index (χ2n) is 9.64. The van der Waals surface area contributed by atoms with Crippen LogP contribution in [0, 0.1) is 0 Å². The highest BCUT2D eigenvalue weighted by atomic mass is 14.7. The minimum Gasteiger partial charge on any atom is -0.256 e. The molecule has 0 aliphatic heterocycles. The van der Waals surface area contributed by atoms with E-state index < -0.39 is 0 Å². The Bertz CT molecular complexity index is 874. The van der Waals surface area contributed by atoms with E-state index in [9.17, 15) is 0 Å². The Hall–Kier alpha value is -2.41. The van der Waals surface area contributed by atoms with Crippen molar-refractivity contribution >= 4 is 0 Å². The summed E-state index contributed by atoms with van der Waals surface area (Å²) in [6.45, 7) is 18.3. The molecule has 1 heterocycles. The number of benzene rings is 2. The summed E-state index contributed by atoms with van der Waals surface area (Å²) >= 11 is 0. The van der Waals surface area contributed by atoms with Crippen molar-refractivity contribution < 1.29 is 0 Å². The van der Waals surface area contributed by atoms with Crippen molar-refractivity contribution in [1.29, 1.82) is 0 Å². The molecule has 158 valence electrons. The van der Waals surface area contributed by atoms with Gasteiger partial charge in [-0.25, -0.2) is 0 Å². The van der Waals surface area contributed by atoms with Gasteiger partial charge in [0, 0.05) is 17.3 Å². The first kappa shape index (κ1) is 22.3. The van der Waals surface area contributed by atoms with Gasteiger partial charge in [0.05, 0.1) is 5.69 Å². The predicted octanol–water partition coefficient (Wildman–Crippen LogP) is 8.91. The summed E-state index contributed by atoms with van der Waals surface area (Å²) in [5.41, 5.74) is 10.7. The van der Waals surface area contributed by atoms with Crippen LogP contribution >= 0.6 is 0 Å². The zero-order valence-corrected chi connectivity index (χ0v) is 20.0. The molecular weight excluding hydrogens is 362 g/mol. The quantitative estimate of drug-likeness (QED) is 0.403. The van der Waals surface area contributed by atoms with E-state index in [-0.39, 0.29) is 0 Å². The number of hydrogen-bond donors (Lipinski definition) is 0. The molecule has 0 aliphatic rings. The third-order valence-electron chi connectivity index (χ3n) is 6.06. The minimum atomic E-state index is 0.443. The summed E-state index contributed by atoms with van der Waals surface area (Å²) in [4.78, 5) is 5.01. The Morgan fingerprint density at radius 2 is 0.900 bits per heavy atom. The number of hydrogen-bond acceptors (Lipinski definition) is 1. The van der Waals surface area contributed by atoms with Crippen LogP contribution in [0.25, 0.3) is 22.4 Å². The molecule has 0 atom stereocenters. The molecule has 3 aromatic rings. The van der Waals surface area contributed by atoms with E-state index in [2.05, 4.69) is 104 Å². The van der Waals surface area contributed by atoms with E-state index in [4.69, 9.17) is 4.98 Å². The largest absolute Gasteiger partial charge is 0.256 e. The van der Waals surface area contributed by atoms with E-state index >= 15 is 0 Å². The standard InChI is InChI=1S/C29H37N/c1-18(2)22-12-9-13-23(19(3)4)27(22)26-16-11-17-30-29(26)28-24(20(5)6)14-10-15-25(28)21(7)8/h9-21H,1-8H3. The highest BCUT2D eigenvalue weighted by Gasteiger charge is 2.23. The van der Waals surface area contributed by atoms with Gasteiger partial charge in [0.2, 0.25) is 0 Å². The van der Waals surface area contributed by atoms with Crippen molar-refractivity contribution in [1.82, 2.24) is 4.98 Å². The number of rotatable bonds is 6. The Balaban J connectivity index is 2.43. The van der Waals surface area contributed by atoms with E-state index in [0.29, 0.717) is 23.7 Å². The maximum Gasteiger partial charge on any atom is 0.0786 e. The van der Waals surface area contributed by atoms with Crippen LogP contribution in [0.4, 0.5) is 0 Å². The maximum atomic E-state index is 5.01. The molecule has 0 spiro atoms. The molecule has 30 heavy (non-hydrogen) atoms. The summed E-state index contributed by atoms with van der Waals surface area (Å²) in [5.74, 6) is 1.80. The van der Waals surface area contributed by atoms with Gasteiger partial charge in [-0.3, -0.25) is 4.98 Å². The van der Waals surface area contributed by atoms with E-state index in [0.717, 1.165) is 5.69 Å². The van der Waals surface area contributed by atoms with Gasteiger partial charge >= 0.3 is 0 Å². The van der Waals surface area contributed by atoms with Gasteiger partial charge in [0.15, 0.2) is 0 Å². The van der Waals surface area contributed by atoms with Crippen LogP contribution in [0.2, 0.25) is 0 Å². The van der Waals surface area contributed by atoms with Crippen LogP contribution in [0.3, 0.4) is 0 Å². The Morgan fingerprint density at radius 1 is 0.500 bits per heavy atom. The highest BCUT2D eigenvalue weighted by molar-refractivity contribution is 5.87. The topological polar surface area (TPSA) is 12.9 Å². The van der Waals surface area contributed by atoms with Crippen LogP contribution in [0.5, 0.6) is 0 Å². The monoisotopic (exact) mass is 399 g/mol. The van der Waals surface area contributed by atoms with Gasteiger partial charge in [-0.2, -0.15) is 0 Å². The Morgan fingerprint density at radius 3 is 1.30 bits per heavy atom. The van der Waals surface area contributed by atoms with Crippen molar-refractivity contribution in [2.45, 2.75) is 79.1 Å². The molecule has 2 aromatic carbocycles. The number of nitrogens with zero attached hydrogens (tertiary/aromatic N) is 1. The second-order valence-corrected chi connectivity index (χ2v) is 9.64. The molecule has 1 nitrogen and oxygen atoms in total. The molecule has 0 radical (unpaired) electrons. The molecular formula is C29H37N. The van der Waals surface area contributed by atoms with Gasteiger partial charge in [0.25, 0.3) is 0 Å². The molecule has 0 saturated heterocycles. The lowest BCUT2D eigenvalue weighted by molar-refractivity contribution is 0.833. The first-order chi connectivity index (χ1) is 14.2. The average molecular weight is 400 g/mol. The second kappa shape index (κ2) is 9.16. The third-order valence-corrected chi connectivity index (χ3v) is 6.06. The lowest BCUT2D eigenvalue weighted by Crippen LogP contribution is -2.05. The lowest BCUT2D eigenvalue weighted by atomic mass is 9.81. The highest BCUT2D eigenvalue weighted by Crippen LogP contribution is 2.43. The van der Waals surface area contributed by atoms with Gasteiger partial charge in [-0.1, -0.05) is 97.9 Å². The van der Waals surface area contributed by atoms with Crippen LogP contribution in [-0.2, 0) is 0 Å². The molecule has 0 aliphatic carbocycles. The first-order valence-electron chi connectivity index (χ1n) is 11.4. The summed E-state index contributed by atoms with van der Waals surface area (Å²) in [7, 11) is 0. The average Bonchev–Trinajstić information content (AvgIpc) is 2.72. The smallest absolute Gasteiger partial charge is 0.0786 e. The van der Waals surface area contributed by atoms with Crippen LogP contribution in [0.1, 0.15) is 101 Å². The van der Waals surface area contributed by atoms with Gasteiger partial charge < -0.3 is 0 Å². The van der Waals surface area contributed by atoms with Crippen molar-refractivity contribution in [3.63, 3.8) is 0 Å². The fourth-order valence-corrected chi connectivity index (χ4v) is 4.49. The van der Waals surface area contributed by atoms with E-state index in [1.165, 1.54) is 38.9 Å². The Labute approximate surface area is 183 Å². The van der Waals surface area contributed by atoms with Crippen LogP contribution in [-0.4, -0.2) is 4.98 Å². The molecule has 0 amide bonds. The molecule has 0 N–H and O–H groups in total. The Kier molecular flexibility index (Phi) is 6.81. The fraction of sp³-hybridized carbons (Fsp3) is 0.414. The van der Waals surface area contributed by atoms with Gasteiger partial charge in [0.1, 0.15) is 0 Å². The SMILES string of the molecule is CC(C)c1cccc(C(C)C)c1-c1cccnc1-c1c(C(C)C)cccc1C(C)C. The van der Waals surface area contributed by atoms with Crippen molar-refractivity contribution in [3.8, 4) is 22.4 Å². The lowest BCUT2D eigenvalue weighted by Gasteiger charge is -2.24. The predicted molar refractivity (Wildman–Crippen MR) is 131 cm³/mol. The normalized spacial score (nSPS) is 11.9. The molecule has 0 saturated carbocycles. The van der Waals surface area contributed by atoms with Gasteiger partial charge in [-0.15, -0.1) is 0 Å². The zero-order chi connectivity index (χ0) is 22.0. The third kappa shape index (κ3) is 4.21. The van der Waals surface area contributed by atoms with Crippen molar-refractivity contribution in [2.24, 2.45) is 0 Å². The molecule has 1 heteroatoms. The molecule has 0 bridgehead atoms. The summed E-state index contributed by atoms with van der Waals surface area (Å²) in [6, 6.07) is 17.9. The summed E-state index contributed by atoms with van der Waals surface area (Å²) < 4.78 is 0. The summed E-state index contributed by atoms with van der Waals surface area (Å²) in [5, 5.41) is 0. The maximum absolute atomic E-state index is 5.01. The van der Waals surface area contributed by atoms with E-state index in [1.54, 1.807) is 0 Å². The van der Waals surface area contributed by atoms with E-state index in [1.807, 2.05) is 6.20 Å². The van der Waals surface area contributed by atoms with Crippen molar-refractivity contribution in [2.75, 3.05) is 0 Å². The van der Waals surface area contributed by atoms with Gasteiger partial charge in [-0.05, 0) is 57.6 Å². The number of aromatic nitrogens is 1. The molecule has 3 rings (SSSR count). The molecule has 1 aromatic heterocycles.